The lowest BCUT2D eigenvalue weighted by molar-refractivity contribution is 0.249. The molecule has 0 amide bonds. The van der Waals surface area contributed by atoms with Crippen LogP contribution in [0.5, 0.6) is 0 Å². The number of aliphatic hydroxyl groups is 1. The molecule has 1 aromatic heterocycles. The fraction of sp³-hybridized carbons (Fsp3) is 0.500. The Morgan fingerprint density at radius 1 is 1.54 bits per heavy atom. The van der Waals surface area contributed by atoms with Crippen LogP contribution in [0.15, 0.2) is 5.03 Å². The summed E-state index contributed by atoms with van der Waals surface area (Å²) < 4.78 is 0. The van der Waals surface area contributed by atoms with Crippen molar-refractivity contribution in [2.45, 2.75) is 30.2 Å². The quantitative estimate of drug-likeness (QED) is 0.600. The molecule has 0 bridgehead atoms. The Morgan fingerprint density at radius 2 is 2.31 bits per heavy atom. The molecule has 4 nitrogen and oxygen atoms in total. The van der Waals surface area contributed by atoms with Crippen molar-refractivity contribution in [1.29, 1.82) is 0 Å². The summed E-state index contributed by atoms with van der Waals surface area (Å²) in [6.07, 6.45) is 1.61. The van der Waals surface area contributed by atoms with E-state index in [2.05, 4.69) is 9.97 Å². The van der Waals surface area contributed by atoms with Crippen molar-refractivity contribution in [3.8, 4) is 0 Å². The molecule has 3 N–H and O–H groups in total. The number of nitrogens with two attached hydrogens (primary N) is 1. The summed E-state index contributed by atoms with van der Waals surface area (Å²) in [4.78, 5) is 8.18. The number of aliphatic hydroxyl groups excluding tert-OH is 1. The molecule has 0 saturated heterocycles. The minimum atomic E-state index is -0.346. The lowest BCUT2D eigenvalue weighted by atomic mass is 10.1. The van der Waals surface area contributed by atoms with Crippen LogP contribution in [0, 0.1) is 6.92 Å². The largest absolute Gasteiger partial charge is 0.382 e. The minimum Gasteiger partial charge on any atom is -0.382 e. The molecule has 5 heteroatoms. The summed E-state index contributed by atoms with van der Waals surface area (Å²) in [5, 5.41) is 10.2. The summed E-state index contributed by atoms with van der Waals surface area (Å²) in [7, 11) is 0. The molecule has 1 aliphatic heterocycles. The first-order valence-electron chi connectivity index (χ1n) is 4.14. The fourth-order valence-corrected chi connectivity index (χ4v) is 2.46. The van der Waals surface area contributed by atoms with Crippen molar-refractivity contribution < 1.29 is 5.11 Å². The predicted molar refractivity (Wildman–Crippen MR) is 51.4 cm³/mol. The van der Waals surface area contributed by atoms with Gasteiger partial charge in [0.15, 0.2) is 0 Å². The first-order valence-corrected chi connectivity index (χ1v) is 5.02. The Hall–Kier alpha value is -0.810. The Kier molecular flexibility index (Phi) is 2.13. The fourth-order valence-electron chi connectivity index (χ4n) is 1.43. The zero-order chi connectivity index (χ0) is 9.42. The lowest BCUT2D eigenvalue weighted by Crippen LogP contribution is -2.14. The number of nitrogens with zero attached hydrogens (tertiary/aromatic N) is 2. The first kappa shape index (κ1) is 8.77. The molecule has 0 fully saturated rings. The van der Waals surface area contributed by atoms with Crippen LogP contribution in [-0.4, -0.2) is 20.5 Å². The molecular weight excluding hydrogens is 186 g/mol. The van der Waals surface area contributed by atoms with E-state index in [0.29, 0.717) is 0 Å². The molecule has 13 heavy (non-hydrogen) atoms. The number of hydrogen-bond donors (Lipinski definition) is 2. The zero-order valence-electron chi connectivity index (χ0n) is 7.32. The van der Waals surface area contributed by atoms with Gasteiger partial charge in [0.1, 0.15) is 10.5 Å². The van der Waals surface area contributed by atoms with Gasteiger partial charge < -0.3 is 10.8 Å². The van der Waals surface area contributed by atoms with Gasteiger partial charge in [-0.05, 0) is 19.8 Å². The van der Waals surface area contributed by atoms with Crippen molar-refractivity contribution in [3.05, 3.63) is 11.3 Å². The van der Waals surface area contributed by atoms with Gasteiger partial charge in [0.25, 0.3) is 0 Å². The normalized spacial score (nSPS) is 21.2. The van der Waals surface area contributed by atoms with E-state index in [1.807, 2.05) is 6.92 Å². The molecule has 0 aromatic carbocycles. The van der Waals surface area contributed by atoms with Crippen molar-refractivity contribution in [1.82, 2.24) is 9.97 Å². The Balaban J connectivity index is 2.47. The summed E-state index contributed by atoms with van der Waals surface area (Å²) in [6, 6.07) is 0. The van der Waals surface area contributed by atoms with Crippen molar-refractivity contribution in [3.63, 3.8) is 0 Å². The van der Waals surface area contributed by atoms with Gasteiger partial charge in [-0.1, -0.05) is 11.8 Å². The van der Waals surface area contributed by atoms with E-state index in [0.717, 1.165) is 29.1 Å². The van der Waals surface area contributed by atoms with Crippen LogP contribution in [0.3, 0.4) is 0 Å². The molecule has 0 spiro atoms. The van der Waals surface area contributed by atoms with Crippen LogP contribution >= 0.6 is 11.8 Å². The second-order valence-electron chi connectivity index (χ2n) is 3.06. The van der Waals surface area contributed by atoms with Crippen molar-refractivity contribution >= 4 is 17.7 Å². The smallest absolute Gasteiger partial charge is 0.221 e. The molecule has 0 saturated carbocycles. The van der Waals surface area contributed by atoms with Crippen LogP contribution in [0.25, 0.3) is 0 Å². The summed E-state index contributed by atoms with van der Waals surface area (Å²) in [6.45, 7) is 1.93. The van der Waals surface area contributed by atoms with Gasteiger partial charge in [0, 0.05) is 11.3 Å². The second kappa shape index (κ2) is 3.16. The second-order valence-corrected chi connectivity index (χ2v) is 4.23. The summed E-state index contributed by atoms with van der Waals surface area (Å²) >= 11 is 1.36. The number of rotatable bonds is 0. The molecule has 2 heterocycles. The number of nitrogen functional groups attached to an aromatic ring is 1. The van der Waals surface area contributed by atoms with E-state index in [1.165, 1.54) is 11.8 Å². The van der Waals surface area contributed by atoms with E-state index in [9.17, 15) is 5.11 Å². The van der Waals surface area contributed by atoms with Crippen molar-refractivity contribution in [2.24, 2.45) is 0 Å². The Labute approximate surface area is 80.6 Å². The van der Waals surface area contributed by atoms with E-state index >= 15 is 0 Å². The highest BCUT2D eigenvalue weighted by Crippen LogP contribution is 2.33. The third kappa shape index (κ3) is 1.62. The maximum atomic E-state index is 9.40. The number of aromatic nitrogens is 2. The zero-order valence-corrected chi connectivity index (χ0v) is 8.14. The van der Waals surface area contributed by atoms with Crippen LogP contribution in [0.1, 0.15) is 17.7 Å². The monoisotopic (exact) mass is 197 g/mol. The third-order valence-corrected chi connectivity index (χ3v) is 3.15. The van der Waals surface area contributed by atoms with Gasteiger partial charge in [-0.25, -0.2) is 9.97 Å². The molecule has 1 aromatic rings. The highest BCUT2D eigenvalue weighted by Gasteiger charge is 2.20. The minimum absolute atomic E-state index is 0.290. The van der Waals surface area contributed by atoms with E-state index in [-0.39, 0.29) is 11.4 Å². The number of fused-ring (bicyclic) bond motifs is 1. The maximum Gasteiger partial charge on any atom is 0.221 e. The highest BCUT2D eigenvalue weighted by atomic mass is 32.2. The summed E-state index contributed by atoms with van der Waals surface area (Å²) in [5.41, 5.74) is 7.23. The van der Waals surface area contributed by atoms with Gasteiger partial charge in [-0.2, -0.15) is 0 Å². The SMILES string of the molecule is Cc1nc(N)nc2c1CC[C@@H](O)S2. The number of hydrogen-bond acceptors (Lipinski definition) is 5. The van der Waals surface area contributed by atoms with Crippen LogP contribution in [-0.2, 0) is 6.42 Å². The molecule has 2 rings (SSSR count). The average molecular weight is 197 g/mol. The Morgan fingerprint density at radius 3 is 3.08 bits per heavy atom. The lowest BCUT2D eigenvalue weighted by Gasteiger charge is -2.20. The van der Waals surface area contributed by atoms with Gasteiger partial charge in [-0.15, -0.1) is 0 Å². The first-order chi connectivity index (χ1) is 6.16. The van der Waals surface area contributed by atoms with Gasteiger partial charge in [0.2, 0.25) is 5.95 Å². The maximum absolute atomic E-state index is 9.40. The van der Waals surface area contributed by atoms with E-state index in [1.54, 1.807) is 0 Å². The predicted octanol–water partition coefficient (Wildman–Crippen LogP) is 0.724. The van der Waals surface area contributed by atoms with E-state index in [4.69, 9.17) is 5.73 Å². The number of anilines is 1. The number of aryl methyl sites for hydroxylation is 1. The molecular formula is C8H11N3OS. The summed E-state index contributed by atoms with van der Waals surface area (Å²) in [5.74, 6) is 0.290. The number of thioether (sulfide) groups is 1. The highest BCUT2D eigenvalue weighted by molar-refractivity contribution is 7.99. The van der Waals surface area contributed by atoms with Gasteiger partial charge >= 0.3 is 0 Å². The van der Waals surface area contributed by atoms with Crippen LogP contribution in [0.4, 0.5) is 5.95 Å². The van der Waals surface area contributed by atoms with Crippen LogP contribution < -0.4 is 5.73 Å². The Bertz CT molecular complexity index is 342. The van der Waals surface area contributed by atoms with Gasteiger partial charge in [-0.3, -0.25) is 0 Å². The molecule has 1 atom stereocenters. The van der Waals surface area contributed by atoms with Gasteiger partial charge in [0.05, 0.1) is 0 Å². The molecule has 0 aliphatic carbocycles. The topological polar surface area (TPSA) is 72.0 Å². The average Bonchev–Trinajstić information content (AvgIpc) is 2.02. The molecule has 1 aliphatic rings. The van der Waals surface area contributed by atoms with Crippen molar-refractivity contribution in [2.75, 3.05) is 5.73 Å². The molecule has 0 radical (unpaired) electrons. The standard InChI is InChI=1S/C8H11N3OS/c1-4-5-2-3-6(12)13-7(5)11-8(9)10-4/h6,12H,2-3H2,1H3,(H2,9,10,11)/t6-/m0/s1. The van der Waals surface area contributed by atoms with Crippen LogP contribution in [0.2, 0.25) is 0 Å². The molecule has 70 valence electrons. The van der Waals surface area contributed by atoms with E-state index < -0.39 is 0 Å². The third-order valence-electron chi connectivity index (χ3n) is 2.08. The molecule has 0 unspecified atom stereocenters.